The maximum atomic E-state index is 10.8. The summed E-state index contributed by atoms with van der Waals surface area (Å²) in [5.74, 6) is 2.11. The molecule has 2 aromatic heterocycles. The first-order valence-corrected chi connectivity index (χ1v) is 8.64. The molecule has 1 amide bonds. The highest BCUT2D eigenvalue weighted by atomic mass is 16.4. The van der Waals surface area contributed by atoms with Crippen LogP contribution < -0.4 is 10.6 Å². The van der Waals surface area contributed by atoms with E-state index in [9.17, 15) is 4.79 Å². The van der Waals surface area contributed by atoms with Crippen LogP contribution in [-0.2, 0) is 13.6 Å². The fourth-order valence-electron chi connectivity index (χ4n) is 2.93. The lowest BCUT2D eigenvalue weighted by Crippen LogP contribution is -2.20. The highest BCUT2D eigenvalue weighted by Crippen LogP contribution is 2.42. The molecular weight excluding hydrogens is 346 g/mol. The molecule has 1 aliphatic rings. The molecule has 3 N–H and O–H groups in total. The van der Waals surface area contributed by atoms with Gasteiger partial charge in [-0.3, -0.25) is 4.68 Å². The van der Waals surface area contributed by atoms with Crippen molar-refractivity contribution in [3.63, 3.8) is 0 Å². The smallest absolute Gasteiger partial charge is 0.404 e. The molecule has 1 saturated carbocycles. The number of benzene rings is 1. The van der Waals surface area contributed by atoms with E-state index in [0.717, 1.165) is 29.5 Å². The average Bonchev–Trinajstić information content (AvgIpc) is 3.43. The number of nitrogens with zero attached hydrogens (tertiary/aromatic N) is 5. The van der Waals surface area contributed by atoms with E-state index in [0.29, 0.717) is 30.1 Å². The summed E-state index contributed by atoms with van der Waals surface area (Å²) in [5.41, 5.74) is 3.02. The fraction of sp³-hybridized carbons (Fsp3) is 0.278. The summed E-state index contributed by atoms with van der Waals surface area (Å²) in [4.78, 5) is 23.7. The molecule has 0 atom stereocenters. The molecule has 1 aromatic carbocycles. The van der Waals surface area contributed by atoms with Crippen molar-refractivity contribution in [2.45, 2.75) is 25.3 Å². The molecule has 2 heterocycles. The summed E-state index contributed by atoms with van der Waals surface area (Å²) in [6.45, 7) is 0.297. The Labute approximate surface area is 155 Å². The van der Waals surface area contributed by atoms with Gasteiger partial charge >= 0.3 is 6.09 Å². The third kappa shape index (κ3) is 4.02. The van der Waals surface area contributed by atoms with Gasteiger partial charge in [0.1, 0.15) is 6.33 Å². The minimum atomic E-state index is -1.02. The number of rotatable bonds is 6. The molecule has 0 radical (unpaired) electrons. The topological polar surface area (TPSA) is 118 Å². The highest BCUT2D eigenvalue weighted by molar-refractivity contribution is 5.65. The van der Waals surface area contributed by atoms with Crippen molar-refractivity contribution in [1.82, 2.24) is 30.0 Å². The molecule has 4 rings (SSSR count). The van der Waals surface area contributed by atoms with Crippen LogP contribution in [-0.4, -0.2) is 35.9 Å². The zero-order valence-corrected chi connectivity index (χ0v) is 14.8. The van der Waals surface area contributed by atoms with Gasteiger partial charge < -0.3 is 15.7 Å². The van der Waals surface area contributed by atoms with Crippen molar-refractivity contribution < 1.29 is 9.90 Å². The van der Waals surface area contributed by atoms with E-state index < -0.39 is 6.09 Å². The van der Waals surface area contributed by atoms with Crippen molar-refractivity contribution in [3.05, 3.63) is 47.9 Å². The van der Waals surface area contributed by atoms with Gasteiger partial charge in [0.2, 0.25) is 5.95 Å². The molecule has 138 valence electrons. The monoisotopic (exact) mass is 365 g/mol. The number of carboxylic acid groups (broad SMARTS) is 1. The number of amides is 1. The maximum absolute atomic E-state index is 10.8. The van der Waals surface area contributed by atoms with Gasteiger partial charge in [0, 0.05) is 31.4 Å². The van der Waals surface area contributed by atoms with Crippen LogP contribution in [0.2, 0.25) is 0 Å². The Morgan fingerprint density at radius 1 is 1.30 bits per heavy atom. The van der Waals surface area contributed by atoms with Crippen molar-refractivity contribution in [1.29, 1.82) is 0 Å². The van der Waals surface area contributed by atoms with Gasteiger partial charge in [-0.05, 0) is 36.0 Å². The van der Waals surface area contributed by atoms with E-state index in [1.165, 1.54) is 6.33 Å². The van der Waals surface area contributed by atoms with Gasteiger partial charge in [-0.1, -0.05) is 12.1 Å². The predicted molar refractivity (Wildman–Crippen MR) is 98.6 cm³/mol. The quantitative estimate of drug-likeness (QED) is 0.614. The van der Waals surface area contributed by atoms with Crippen molar-refractivity contribution in [2.24, 2.45) is 7.05 Å². The molecule has 9 heteroatoms. The van der Waals surface area contributed by atoms with Crippen LogP contribution >= 0.6 is 0 Å². The largest absolute Gasteiger partial charge is 0.465 e. The molecule has 1 fully saturated rings. The molecule has 0 spiro atoms. The summed E-state index contributed by atoms with van der Waals surface area (Å²) >= 11 is 0. The molecule has 0 saturated heterocycles. The summed E-state index contributed by atoms with van der Waals surface area (Å²) in [6, 6.07) is 7.73. The molecule has 0 bridgehead atoms. The van der Waals surface area contributed by atoms with E-state index in [1.54, 1.807) is 4.68 Å². The van der Waals surface area contributed by atoms with E-state index >= 15 is 0 Å². The molecule has 0 aliphatic heterocycles. The van der Waals surface area contributed by atoms with Crippen LogP contribution in [0, 0.1) is 0 Å². The van der Waals surface area contributed by atoms with Gasteiger partial charge in [-0.15, -0.1) is 0 Å². The molecule has 9 nitrogen and oxygen atoms in total. The zero-order valence-electron chi connectivity index (χ0n) is 14.8. The minimum absolute atomic E-state index is 0.297. The molecule has 1 aliphatic carbocycles. The highest BCUT2D eigenvalue weighted by Gasteiger charge is 2.26. The summed E-state index contributed by atoms with van der Waals surface area (Å²) in [6.07, 6.45) is 4.50. The molecular formula is C18H19N7O2. The summed E-state index contributed by atoms with van der Waals surface area (Å²) in [5, 5.41) is 18.6. The van der Waals surface area contributed by atoms with Gasteiger partial charge in [-0.25, -0.2) is 14.8 Å². The Morgan fingerprint density at radius 3 is 2.85 bits per heavy atom. The first-order valence-electron chi connectivity index (χ1n) is 8.64. The third-order valence-corrected chi connectivity index (χ3v) is 4.38. The first-order chi connectivity index (χ1) is 13.1. The number of hydrogen-bond acceptors (Lipinski definition) is 6. The van der Waals surface area contributed by atoms with E-state index in [1.807, 2.05) is 31.4 Å². The second-order valence-electron chi connectivity index (χ2n) is 6.48. The summed E-state index contributed by atoms with van der Waals surface area (Å²) in [7, 11) is 1.84. The van der Waals surface area contributed by atoms with Gasteiger partial charge in [0.05, 0.1) is 0 Å². The van der Waals surface area contributed by atoms with E-state index in [2.05, 4.69) is 36.8 Å². The Balaban J connectivity index is 1.60. The second kappa shape index (κ2) is 7.02. The van der Waals surface area contributed by atoms with Gasteiger partial charge in [-0.2, -0.15) is 10.1 Å². The van der Waals surface area contributed by atoms with Crippen LogP contribution in [0.15, 0.2) is 36.8 Å². The zero-order chi connectivity index (χ0) is 18.8. The number of nitrogens with one attached hydrogen (secondary N) is 2. The Hall–Kier alpha value is -3.49. The Morgan fingerprint density at radius 2 is 2.15 bits per heavy atom. The molecule has 27 heavy (non-hydrogen) atoms. The van der Waals surface area contributed by atoms with Crippen LogP contribution in [0.3, 0.4) is 0 Å². The first kappa shape index (κ1) is 17.0. The number of aryl methyl sites for hydroxylation is 1. The standard InChI is InChI=1S/C18H19N7O2/c1-25-7-6-15(24-25)22-17-21-10-20-16(23-17)12-4-5-13(9-19-18(26)27)14(8-12)11-2-3-11/h4-8,10-11,19H,2-3,9H2,1H3,(H,26,27)(H,20,21,22,23,24). The van der Waals surface area contributed by atoms with Gasteiger partial charge in [0.25, 0.3) is 0 Å². The van der Waals surface area contributed by atoms with Gasteiger partial charge in [0.15, 0.2) is 11.6 Å². The molecule has 0 unspecified atom stereocenters. The summed E-state index contributed by atoms with van der Waals surface area (Å²) < 4.78 is 1.69. The molecule has 3 aromatic rings. The predicted octanol–water partition coefficient (Wildman–Crippen LogP) is 2.66. The van der Waals surface area contributed by atoms with Crippen LogP contribution in [0.4, 0.5) is 16.6 Å². The van der Waals surface area contributed by atoms with Crippen LogP contribution in [0.5, 0.6) is 0 Å². The van der Waals surface area contributed by atoms with E-state index in [-0.39, 0.29) is 0 Å². The number of anilines is 2. The van der Waals surface area contributed by atoms with Crippen molar-refractivity contribution in [3.8, 4) is 11.4 Å². The third-order valence-electron chi connectivity index (χ3n) is 4.38. The minimum Gasteiger partial charge on any atom is -0.465 e. The lowest BCUT2D eigenvalue weighted by Gasteiger charge is -2.11. The number of carbonyl (C=O) groups is 1. The van der Waals surface area contributed by atoms with Crippen molar-refractivity contribution >= 4 is 17.9 Å². The SMILES string of the molecule is Cn1ccc(Nc2ncnc(-c3ccc(CNC(=O)O)c(C4CC4)c3)n2)n1. The second-order valence-corrected chi connectivity index (χ2v) is 6.48. The number of hydrogen-bond donors (Lipinski definition) is 3. The fourth-order valence-corrected chi connectivity index (χ4v) is 2.93. The van der Waals surface area contributed by atoms with Crippen LogP contribution in [0.25, 0.3) is 11.4 Å². The average molecular weight is 365 g/mol. The number of aromatic nitrogens is 5. The van der Waals surface area contributed by atoms with Crippen molar-refractivity contribution in [2.75, 3.05) is 5.32 Å². The Bertz CT molecular complexity index is 981. The van der Waals surface area contributed by atoms with E-state index in [4.69, 9.17) is 5.11 Å². The lowest BCUT2D eigenvalue weighted by molar-refractivity contribution is 0.194. The lowest BCUT2D eigenvalue weighted by atomic mass is 9.99. The normalized spacial score (nSPS) is 13.4. The van der Waals surface area contributed by atoms with Crippen LogP contribution in [0.1, 0.15) is 29.9 Å². The Kier molecular flexibility index (Phi) is 4.41. The maximum Gasteiger partial charge on any atom is 0.404 e.